The molecule has 0 unspecified atom stereocenters. The summed E-state index contributed by atoms with van der Waals surface area (Å²) in [5, 5.41) is -0.316. The van der Waals surface area contributed by atoms with Crippen molar-refractivity contribution in [3.8, 4) is 0 Å². The van der Waals surface area contributed by atoms with E-state index in [4.69, 9.17) is 0 Å². The first-order valence-corrected chi connectivity index (χ1v) is 20.6. The number of hydrogen-bond acceptors (Lipinski definition) is 0. The van der Waals surface area contributed by atoms with Crippen LogP contribution in [0.4, 0.5) is 0 Å². The van der Waals surface area contributed by atoms with Gasteiger partial charge in [0, 0.05) is 0 Å². The number of halogens is 4. The predicted molar refractivity (Wildman–Crippen MR) is 112 cm³/mol. The van der Waals surface area contributed by atoms with E-state index in [-0.39, 0.29) is 0 Å². The Labute approximate surface area is 156 Å². The van der Waals surface area contributed by atoms with Crippen LogP contribution in [0.3, 0.4) is 0 Å². The highest BCUT2D eigenvalue weighted by Gasteiger charge is 2.31. The molecule has 0 fully saturated rings. The monoisotopic (exact) mass is 562 g/mol. The Morgan fingerprint density at radius 3 is 1.25 bits per heavy atom. The third-order valence-corrected chi connectivity index (χ3v) is 18.0. The lowest BCUT2D eigenvalue weighted by atomic mass is 10.4. The molecule has 0 heterocycles. The van der Waals surface area contributed by atoms with Crippen LogP contribution < -0.4 is 10.4 Å². The van der Waals surface area contributed by atoms with Gasteiger partial charge in [0.25, 0.3) is 0 Å². The van der Waals surface area contributed by atoms with Gasteiger partial charge < -0.3 is 0 Å². The SMILES string of the molecule is CCCC[Si](Br)(Br)c1ccc([Si](Br)(Br)CCCC)cc1. The Balaban J connectivity index is 2.82. The van der Waals surface area contributed by atoms with Crippen molar-refractivity contribution in [2.75, 3.05) is 0 Å². The highest BCUT2D eigenvalue weighted by atomic mass is 79.9. The molecule has 0 aliphatic heterocycles. The number of benzene rings is 1. The van der Waals surface area contributed by atoms with Gasteiger partial charge in [0.2, 0.25) is 10.6 Å². The molecule has 1 rings (SSSR count). The Hall–Kier alpha value is 1.57. The van der Waals surface area contributed by atoms with Gasteiger partial charge in [-0.2, -0.15) is 0 Å². The molecule has 0 radical (unpaired) electrons. The molecule has 0 aliphatic rings. The van der Waals surface area contributed by atoms with Crippen molar-refractivity contribution < 1.29 is 0 Å². The van der Waals surface area contributed by atoms with Crippen molar-refractivity contribution in [3.63, 3.8) is 0 Å². The maximum Gasteiger partial charge on any atom is 0.230 e. The summed E-state index contributed by atoms with van der Waals surface area (Å²) < 4.78 is 0. The molecule has 1 aromatic rings. The fourth-order valence-corrected chi connectivity index (χ4v) is 12.1. The number of unbranched alkanes of at least 4 members (excludes halogenated alkanes) is 2. The normalized spacial score (nSPS) is 12.7. The molecule has 0 amide bonds. The van der Waals surface area contributed by atoms with Crippen molar-refractivity contribution in [2.24, 2.45) is 0 Å². The Bertz CT molecular complexity index is 365. The molecular weight excluding hydrogens is 544 g/mol. The fraction of sp³-hybridized carbons (Fsp3) is 0.571. The zero-order chi connectivity index (χ0) is 15.2. The van der Waals surface area contributed by atoms with Gasteiger partial charge >= 0.3 is 0 Å². The first kappa shape index (κ1) is 19.6. The first-order valence-electron chi connectivity index (χ1n) is 7.20. The zero-order valence-corrected chi connectivity index (χ0v) is 20.4. The van der Waals surface area contributed by atoms with E-state index < -0.39 is 10.6 Å². The summed E-state index contributed by atoms with van der Waals surface area (Å²) in [6, 6.07) is 11.7. The molecule has 0 spiro atoms. The highest BCUT2D eigenvalue weighted by molar-refractivity contribution is 9.52. The van der Waals surface area contributed by atoms with E-state index in [1.54, 1.807) is 0 Å². The second kappa shape index (κ2) is 9.01. The number of rotatable bonds is 8. The summed E-state index contributed by atoms with van der Waals surface area (Å²) in [6.45, 7) is 4.49. The van der Waals surface area contributed by atoms with E-state index in [0.717, 1.165) is 0 Å². The molecule has 0 N–H and O–H groups in total. The van der Waals surface area contributed by atoms with E-state index in [1.807, 2.05) is 0 Å². The van der Waals surface area contributed by atoms with Gasteiger partial charge in [-0.05, 0) is 22.5 Å². The van der Waals surface area contributed by atoms with E-state index in [9.17, 15) is 0 Å². The van der Waals surface area contributed by atoms with Gasteiger partial charge in [-0.15, -0.1) is 61.2 Å². The third kappa shape index (κ3) is 5.99. The van der Waals surface area contributed by atoms with Crippen molar-refractivity contribution in [2.45, 2.75) is 51.6 Å². The lowest BCUT2D eigenvalue weighted by molar-refractivity contribution is 0.879. The number of hydrogen-bond donors (Lipinski definition) is 0. The fourth-order valence-electron chi connectivity index (χ4n) is 2.04. The molecule has 0 nitrogen and oxygen atoms in total. The summed E-state index contributed by atoms with van der Waals surface area (Å²) in [6.07, 6.45) is 5.05. The van der Waals surface area contributed by atoms with Crippen LogP contribution in [0.5, 0.6) is 0 Å². The maximum atomic E-state index is 3.95. The smallest absolute Gasteiger partial charge is 0.105 e. The van der Waals surface area contributed by atoms with Crippen LogP contribution in [0.15, 0.2) is 24.3 Å². The molecule has 0 bridgehead atoms. The van der Waals surface area contributed by atoms with E-state index in [0.29, 0.717) is 0 Å². The minimum Gasteiger partial charge on any atom is -0.105 e. The van der Waals surface area contributed by atoms with Gasteiger partial charge in [-0.3, -0.25) is 0 Å². The molecule has 1 aromatic carbocycles. The van der Waals surface area contributed by atoms with Crippen molar-refractivity contribution >= 4 is 82.2 Å². The second-order valence-electron chi connectivity index (χ2n) is 5.19. The zero-order valence-electron chi connectivity index (χ0n) is 12.1. The topological polar surface area (TPSA) is 0 Å². The van der Waals surface area contributed by atoms with Crippen LogP contribution in [-0.2, 0) is 0 Å². The largest absolute Gasteiger partial charge is 0.230 e. The average Bonchev–Trinajstić information content (AvgIpc) is 2.43. The second-order valence-corrected chi connectivity index (χ2v) is 32.8. The summed E-state index contributed by atoms with van der Waals surface area (Å²) in [5.41, 5.74) is 0. The lowest BCUT2D eigenvalue weighted by Crippen LogP contribution is -2.39. The van der Waals surface area contributed by atoms with Gasteiger partial charge in [0.05, 0.1) is 0 Å². The predicted octanol–water partition coefficient (Wildman–Crippen LogP) is 6.16. The van der Waals surface area contributed by atoms with Gasteiger partial charge in [0.1, 0.15) is 0 Å². The lowest BCUT2D eigenvalue weighted by Gasteiger charge is -2.21. The molecule has 20 heavy (non-hydrogen) atoms. The molecular formula is C14H22Br4Si2. The molecule has 0 saturated heterocycles. The van der Waals surface area contributed by atoms with Crippen molar-refractivity contribution in [1.29, 1.82) is 0 Å². The standard InChI is InChI=1S/C14H22Br4Si2/c1-3-5-11-19(15,16)13-7-9-14(10-8-13)20(17,18)12-6-4-2/h7-10H,3-6,11-12H2,1-2H3. The summed E-state index contributed by atoms with van der Waals surface area (Å²) in [7, 11) is 0. The van der Waals surface area contributed by atoms with E-state index >= 15 is 0 Å². The molecule has 114 valence electrons. The van der Waals surface area contributed by atoms with E-state index in [2.05, 4.69) is 99.3 Å². The summed E-state index contributed by atoms with van der Waals surface area (Å²) in [4.78, 5) is 0. The van der Waals surface area contributed by atoms with Crippen LogP contribution in [0.1, 0.15) is 39.5 Å². The van der Waals surface area contributed by atoms with Crippen LogP contribution in [-0.4, -0.2) is 10.6 Å². The molecule has 0 saturated carbocycles. The Kier molecular flexibility index (Phi) is 8.84. The summed E-state index contributed by atoms with van der Waals surface area (Å²) >= 11 is 15.8. The van der Waals surface area contributed by atoms with Crippen LogP contribution in [0.25, 0.3) is 0 Å². The minimum absolute atomic E-state index is 1.24. The Morgan fingerprint density at radius 1 is 0.700 bits per heavy atom. The quantitative estimate of drug-likeness (QED) is 0.261. The van der Waals surface area contributed by atoms with Crippen LogP contribution >= 0.6 is 61.2 Å². The van der Waals surface area contributed by atoms with E-state index in [1.165, 1.54) is 48.1 Å². The van der Waals surface area contributed by atoms with Gasteiger partial charge in [-0.1, -0.05) is 63.8 Å². The summed E-state index contributed by atoms with van der Waals surface area (Å²) in [5.74, 6) is 0. The minimum atomic E-state index is -1.60. The third-order valence-electron chi connectivity index (χ3n) is 3.42. The maximum absolute atomic E-state index is 3.95. The van der Waals surface area contributed by atoms with Crippen molar-refractivity contribution in [1.82, 2.24) is 0 Å². The first-order chi connectivity index (χ1) is 9.33. The van der Waals surface area contributed by atoms with Gasteiger partial charge in [0.15, 0.2) is 0 Å². The average molecular weight is 566 g/mol. The molecule has 0 atom stereocenters. The van der Waals surface area contributed by atoms with Crippen LogP contribution in [0.2, 0.25) is 12.1 Å². The Morgan fingerprint density at radius 2 is 1.00 bits per heavy atom. The molecule has 0 aromatic heterocycles. The van der Waals surface area contributed by atoms with Crippen molar-refractivity contribution in [3.05, 3.63) is 24.3 Å². The van der Waals surface area contributed by atoms with Gasteiger partial charge in [-0.25, -0.2) is 0 Å². The molecule has 0 aliphatic carbocycles. The van der Waals surface area contributed by atoms with Crippen LogP contribution in [0, 0.1) is 0 Å². The highest BCUT2D eigenvalue weighted by Crippen LogP contribution is 2.29. The molecule has 6 heteroatoms.